The first kappa shape index (κ1) is 21.2. The summed E-state index contributed by atoms with van der Waals surface area (Å²) in [6, 6.07) is 11.6. The topological polar surface area (TPSA) is 81.2 Å². The number of halogens is 3. The van der Waals surface area contributed by atoms with Crippen molar-refractivity contribution in [1.82, 2.24) is 14.9 Å². The van der Waals surface area contributed by atoms with Gasteiger partial charge in [-0.25, -0.2) is 4.98 Å². The van der Waals surface area contributed by atoms with Crippen molar-refractivity contribution in [2.45, 2.75) is 37.6 Å². The number of aromatic amines is 1. The maximum atomic E-state index is 13.2. The van der Waals surface area contributed by atoms with E-state index < -0.39 is 23.9 Å². The Kier molecular flexibility index (Phi) is 5.86. The third kappa shape index (κ3) is 4.99. The number of imidazole rings is 1. The molecule has 1 fully saturated rings. The molecule has 1 aromatic heterocycles. The number of fused-ring (bicyclic) bond motifs is 1. The van der Waals surface area contributed by atoms with Gasteiger partial charge in [-0.05, 0) is 42.7 Å². The van der Waals surface area contributed by atoms with Crippen LogP contribution in [-0.2, 0) is 11.0 Å². The van der Waals surface area contributed by atoms with Gasteiger partial charge in [0, 0.05) is 13.1 Å². The summed E-state index contributed by atoms with van der Waals surface area (Å²) in [6.45, 7) is 0.861. The highest BCUT2D eigenvalue weighted by molar-refractivity contribution is 5.79. The molecule has 9 heteroatoms. The van der Waals surface area contributed by atoms with Gasteiger partial charge in [0.2, 0.25) is 11.9 Å². The minimum absolute atomic E-state index is 0.0333. The maximum Gasteiger partial charge on any atom is 0.416 e. The summed E-state index contributed by atoms with van der Waals surface area (Å²) >= 11 is 0. The Bertz CT molecular complexity index is 1030. The standard InChI is InChI=1S/C22H23F3N4O2/c23-22(24,25)15-5-3-4-14(12-15)19(13-20(31)29-10-8-16(30)9-11-29)28-21-26-17-6-1-2-7-18(17)27-21/h1-7,12,16,19,30H,8-11,13H2,(H2,26,27,28). The predicted octanol–water partition coefficient (Wildman–Crippen LogP) is 4.11. The van der Waals surface area contributed by atoms with Gasteiger partial charge in [-0.3, -0.25) is 4.79 Å². The molecule has 1 aliphatic heterocycles. The second-order valence-corrected chi connectivity index (χ2v) is 7.74. The number of hydrogen-bond acceptors (Lipinski definition) is 4. The Balaban J connectivity index is 1.60. The van der Waals surface area contributed by atoms with E-state index in [1.54, 1.807) is 11.0 Å². The summed E-state index contributed by atoms with van der Waals surface area (Å²) in [6.07, 6.45) is -3.94. The number of amides is 1. The number of carbonyl (C=O) groups excluding carboxylic acids is 1. The number of nitrogens with zero attached hydrogens (tertiary/aromatic N) is 2. The van der Waals surface area contributed by atoms with Crippen molar-refractivity contribution in [2.75, 3.05) is 18.4 Å². The van der Waals surface area contributed by atoms with E-state index in [9.17, 15) is 23.1 Å². The molecule has 2 heterocycles. The number of anilines is 1. The summed E-state index contributed by atoms with van der Waals surface area (Å²) in [4.78, 5) is 22.1. The fourth-order valence-corrected chi connectivity index (χ4v) is 3.79. The van der Waals surface area contributed by atoms with E-state index in [-0.39, 0.29) is 12.3 Å². The smallest absolute Gasteiger partial charge is 0.393 e. The van der Waals surface area contributed by atoms with E-state index in [1.165, 1.54) is 6.07 Å². The van der Waals surface area contributed by atoms with Crippen LogP contribution < -0.4 is 5.32 Å². The minimum atomic E-state index is -4.48. The molecule has 164 valence electrons. The highest BCUT2D eigenvalue weighted by Gasteiger charge is 2.32. The number of carbonyl (C=O) groups is 1. The van der Waals surface area contributed by atoms with Gasteiger partial charge in [-0.2, -0.15) is 13.2 Å². The van der Waals surface area contributed by atoms with Gasteiger partial charge < -0.3 is 20.3 Å². The molecule has 2 aromatic carbocycles. The minimum Gasteiger partial charge on any atom is -0.393 e. The molecule has 0 bridgehead atoms. The van der Waals surface area contributed by atoms with Crippen molar-refractivity contribution in [3.8, 4) is 0 Å². The van der Waals surface area contributed by atoms with E-state index >= 15 is 0 Å². The Morgan fingerprint density at radius 3 is 2.65 bits per heavy atom. The van der Waals surface area contributed by atoms with Crippen LogP contribution in [0, 0.1) is 0 Å². The molecule has 1 atom stereocenters. The lowest BCUT2D eigenvalue weighted by Crippen LogP contribution is -2.41. The first-order valence-corrected chi connectivity index (χ1v) is 10.1. The molecule has 3 aromatic rings. The lowest BCUT2D eigenvalue weighted by Gasteiger charge is -2.31. The zero-order valence-corrected chi connectivity index (χ0v) is 16.7. The van der Waals surface area contributed by atoms with Crippen molar-refractivity contribution in [3.63, 3.8) is 0 Å². The molecule has 1 unspecified atom stereocenters. The molecular weight excluding hydrogens is 409 g/mol. The number of rotatable bonds is 5. The van der Waals surface area contributed by atoms with Gasteiger partial charge in [0.25, 0.3) is 0 Å². The Labute approximate surface area is 177 Å². The second-order valence-electron chi connectivity index (χ2n) is 7.74. The summed E-state index contributed by atoms with van der Waals surface area (Å²) in [5.41, 5.74) is 1.07. The normalized spacial score (nSPS) is 16.5. The van der Waals surface area contributed by atoms with E-state index in [4.69, 9.17) is 0 Å². The number of alkyl halides is 3. The summed E-state index contributed by atoms with van der Waals surface area (Å²) in [7, 11) is 0. The third-order valence-corrected chi connectivity index (χ3v) is 5.51. The average Bonchev–Trinajstić information content (AvgIpc) is 3.15. The van der Waals surface area contributed by atoms with Gasteiger partial charge in [-0.15, -0.1) is 0 Å². The highest BCUT2D eigenvalue weighted by Crippen LogP contribution is 2.32. The average molecular weight is 432 g/mol. The maximum absolute atomic E-state index is 13.2. The molecule has 0 radical (unpaired) electrons. The second kappa shape index (κ2) is 8.58. The van der Waals surface area contributed by atoms with Gasteiger partial charge in [0.15, 0.2) is 0 Å². The number of H-pyrrole nitrogens is 1. The zero-order valence-electron chi connectivity index (χ0n) is 16.7. The first-order valence-electron chi connectivity index (χ1n) is 10.1. The SMILES string of the molecule is O=C(CC(Nc1nc2ccccc2[nH]1)c1cccc(C(F)(F)F)c1)N1CCC(O)CC1. The van der Waals surface area contributed by atoms with Crippen molar-refractivity contribution in [1.29, 1.82) is 0 Å². The molecule has 31 heavy (non-hydrogen) atoms. The van der Waals surface area contributed by atoms with E-state index in [0.29, 0.717) is 43.0 Å². The van der Waals surface area contributed by atoms with E-state index in [2.05, 4.69) is 15.3 Å². The molecule has 6 nitrogen and oxygen atoms in total. The Morgan fingerprint density at radius 2 is 1.94 bits per heavy atom. The fraction of sp³-hybridized carbons (Fsp3) is 0.364. The van der Waals surface area contributed by atoms with Crippen LogP contribution in [0.3, 0.4) is 0 Å². The molecule has 3 N–H and O–H groups in total. The number of aromatic nitrogens is 2. The van der Waals surface area contributed by atoms with E-state index in [0.717, 1.165) is 17.6 Å². The van der Waals surface area contributed by atoms with Crippen molar-refractivity contribution >= 4 is 22.9 Å². The number of aliphatic hydroxyl groups is 1. The van der Waals surface area contributed by atoms with Crippen LogP contribution in [0.15, 0.2) is 48.5 Å². The number of hydrogen-bond donors (Lipinski definition) is 3. The Hall–Kier alpha value is -3.07. The van der Waals surface area contributed by atoms with Crippen LogP contribution in [-0.4, -0.2) is 45.1 Å². The van der Waals surface area contributed by atoms with Crippen LogP contribution in [0.5, 0.6) is 0 Å². The fourth-order valence-electron chi connectivity index (χ4n) is 3.79. The van der Waals surface area contributed by atoms with Gasteiger partial charge in [0.1, 0.15) is 0 Å². The lowest BCUT2D eigenvalue weighted by molar-refractivity contribution is -0.137. The van der Waals surface area contributed by atoms with Crippen LogP contribution >= 0.6 is 0 Å². The molecule has 0 spiro atoms. The van der Waals surface area contributed by atoms with Crippen LogP contribution in [0.1, 0.15) is 36.4 Å². The summed E-state index contributed by atoms with van der Waals surface area (Å²) < 4.78 is 39.7. The lowest BCUT2D eigenvalue weighted by atomic mass is 9.99. The number of benzene rings is 2. The predicted molar refractivity (Wildman–Crippen MR) is 110 cm³/mol. The van der Waals surface area contributed by atoms with Crippen molar-refractivity contribution in [2.24, 2.45) is 0 Å². The zero-order chi connectivity index (χ0) is 22.0. The number of nitrogens with one attached hydrogen (secondary N) is 2. The van der Waals surface area contributed by atoms with Crippen LogP contribution in [0.2, 0.25) is 0 Å². The first-order chi connectivity index (χ1) is 14.8. The molecular formula is C22H23F3N4O2. The van der Waals surface area contributed by atoms with E-state index in [1.807, 2.05) is 24.3 Å². The molecule has 4 rings (SSSR count). The number of piperidine rings is 1. The number of para-hydroxylation sites is 2. The molecule has 0 saturated carbocycles. The van der Waals surface area contributed by atoms with Crippen LogP contribution in [0.25, 0.3) is 11.0 Å². The summed E-state index contributed by atoms with van der Waals surface area (Å²) in [5.74, 6) is 0.198. The molecule has 1 aliphatic rings. The highest BCUT2D eigenvalue weighted by atomic mass is 19.4. The number of likely N-dealkylation sites (tertiary alicyclic amines) is 1. The van der Waals surface area contributed by atoms with Gasteiger partial charge >= 0.3 is 6.18 Å². The number of aliphatic hydroxyl groups excluding tert-OH is 1. The monoisotopic (exact) mass is 432 g/mol. The molecule has 1 amide bonds. The van der Waals surface area contributed by atoms with Crippen molar-refractivity contribution in [3.05, 3.63) is 59.7 Å². The summed E-state index contributed by atoms with van der Waals surface area (Å²) in [5, 5.41) is 12.8. The molecule has 1 saturated heterocycles. The molecule has 0 aliphatic carbocycles. The van der Waals surface area contributed by atoms with Crippen LogP contribution in [0.4, 0.5) is 19.1 Å². The third-order valence-electron chi connectivity index (χ3n) is 5.51. The quantitative estimate of drug-likeness (QED) is 0.567. The van der Waals surface area contributed by atoms with Crippen molar-refractivity contribution < 1.29 is 23.1 Å². The van der Waals surface area contributed by atoms with Gasteiger partial charge in [-0.1, -0.05) is 24.3 Å². The Morgan fingerprint density at radius 1 is 1.19 bits per heavy atom. The van der Waals surface area contributed by atoms with Gasteiger partial charge in [0.05, 0.1) is 35.2 Å². The largest absolute Gasteiger partial charge is 0.416 e.